The van der Waals surface area contributed by atoms with E-state index in [0.717, 1.165) is 6.42 Å². The van der Waals surface area contributed by atoms with Crippen LogP contribution in [0.25, 0.3) is 0 Å². The molecule has 1 aromatic rings. The van der Waals surface area contributed by atoms with Gasteiger partial charge in [-0.05, 0) is 31.5 Å². The molecule has 1 amide bonds. The predicted molar refractivity (Wildman–Crippen MR) is 69.4 cm³/mol. The lowest BCUT2D eigenvalue weighted by molar-refractivity contribution is -0.120. The lowest BCUT2D eigenvalue weighted by atomic mass is 10.3. The fourth-order valence-corrected chi connectivity index (χ4v) is 2.29. The molecule has 1 atom stereocenters. The van der Waals surface area contributed by atoms with Crippen LogP contribution in [0, 0.1) is 5.82 Å². The standard InChI is InChI=1S/C12H17FN2OS/c1-3-4-15-12(16)8(2)17-11-6-9(13)5-10(14)7-11/h5-8H,3-4,14H2,1-2H3,(H,15,16). The molecule has 17 heavy (non-hydrogen) atoms. The van der Waals surface area contributed by atoms with Crippen molar-refractivity contribution in [3.63, 3.8) is 0 Å². The summed E-state index contributed by atoms with van der Waals surface area (Å²) in [6.45, 7) is 4.44. The predicted octanol–water partition coefficient (Wildman–Crippen LogP) is 2.41. The number of anilines is 1. The molecule has 0 aromatic heterocycles. The van der Waals surface area contributed by atoms with Crippen LogP contribution < -0.4 is 11.1 Å². The molecule has 0 aliphatic heterocycles. The van der Waals surface area contributed by atoms with Crippen LogP contribution in [0.1, 0.15) is 20.3 Å². The number of benzene rings is 1. The molecule has 1 unspecified atom stereocenters. The van der Waals surface area contributed by atoms with Crippen LogP contribution in [0.4, 0.5) is 10.1 Å². The molecule has 3 N–H and O–H groups in total. The second-order valence-corrected chi connectivity index (χ2v) is 5.19. The zero-order valence-corrected chi connectivity index (χ0v) is 10.8. The Morgan fingerprint density at radius 2 is 2.24 bits per heavy atom. The molecule has 0 aliphatic rings. The Labute approximate surface area is 105 Å². The maximum absolute atomic E-state index is 13.1. The molecule has 0 fully saturated rings. The van der Waals surface area contributed by atoms with E-state index in [-0.39, 0.29) is 17.0 Å². The van der Waals surface area contributed by atoms with Crippen molar-refractivity contribution < 1.29 is 9.18 Å². The number of thioether (sulfide) groups is 1. The summed E-state index contributed by atoms with van der Waals surface area (Å²) in [6.07, 6.45) is 0.899. The number of hydrogen-bond donors (Lipinski definition) is 2. The number of hydrogen-bond acceptors (Lipinski definition) is 3. The summed E-state index contributed by atoms with van der Waals surface area (Å²) in [7, 11) is 0. The Balaban J connectivity index is 2.60. The zero-order chi connectivity index (χ0) is 12.8. The van der Waals surface area contributed by atoms with Gasteiger partial charge in [0.1, 0.15) is 5.82 Å². The normalized spacial score (nSPS) is 12.2. The Kier molecular flexibility index (Phi) is 5.28. The van der Waals surface area contributed by atoms with Crippen LogP contribution in [0.15, 0.2) is 23.1 Å². The minimum Gasteiger partial charge on any atom is -0.399 e. The highest BCUT2D eigenvalue weighted by molar-refractivity contribution is 8.00. The molecular weight excluding hydrogens is 239 g/mol. The number of amides is 1. The van der Waals surface area contributed by atoms with Gasteiger partial charge in [0, 0.05) is 17.1 Å². The average Bonchev–Trinajstić information content (AvgIpc) is 2.24. The van der Waals surface area contributed by atoms with E-state index in [1.807, 2.05) is 6.92 Å². The summed E-state index contributed by atoms with van der Waals surface area (Å²) in [5.74, 6) is -0.423. The number of halogens is 1. The molecule has 5 heteroatoms. The van der Waals surface area contributed by atoms with E-state index < -0.39 is 0 Å². The van der Waals surface area contributed by atoms with Crippen molar-refractivity contribution in [2.75, 3.05) is 12.3 Å². The SMILES string of the molecule is CCCNC(=O)C(C)Sc1cc(N)cc(F)c1. The van der Waals surface area contributed by atoms with Crippen molar-refractivity contribution in [2.24, 2.45) is 0 Å². The van der Waals surface area contributed by atoms with Gasteiger partial charge in [-0.15, -0.1) is 11.8 Å². The van der Waals surface area contributed by atoms with Crippen LogP contribution in [-0.2, 0) is 4.79 Å². The summed E-state index contributed by atoms with van der Waals surface area (Å²) in [4.78, 5) is 12.3. The molecule has 1 aromatic carbocycles. The smallest absolute Gasteiger partial charge is 0.233 e. The maximum atomic E-state index is 13.1. The number of nitrogens with one attached hydrogen (secondary N) is 1. The Hall–Kier alpha value is -1.23. The molecule has 0 saturated carbocycles. The Morgan fingerprint density at radius 3 is 2.82 bits per heavy atom. The van der Waals surface area contributed by atoms with Crippen LogP contribution in [0.2, 0.25) is 0 Å². The highest BCUT2D eigenvalue weighted by Gasteiger charge is 2.14. The van der Waals surface area contributed by atoms with Gasteiger partial charge in [-0.3, -0.25) is 4.79 Å². The first-order chi connectivity index (χ1) is 8.02. The van der Waals surface area contributed by atoms with Gasteiger partial charge in [-0.2, -0.15) is 0 Å². The second kappa shape index (κ2) is 6.49. The van der Waals surface area contributed by atoms with Crippen LogP contribution >= 0.6 is 11.8 Å². The topological polar surface area (TPSA) is 55.1 Å². The Bertz CT molecular complexity index is 378. The molecule has 0 heterocycles. The second-order valence-electron chi connectivity index (χ2n) is 3.77. The van der Waals surface area contributed by atoms with E-state index in [4.69, 9.17) is 5.73 Å². The highest BCUT2D eigenvalue weighted by Crippen LogP contribution is 2.26. The van der Waals surface area contributed by atoms with E-state index in [9.17, 15) is 9.18 Å². The first kappa shape index (κ1) is 13.8. The molecule has 0 saturated heterocycles. The first-order valence-corrected chi connectivity index (χ1v) is 6.41. The number of nitrogen functional groups attached to an aromatic ring is 1. The van der Waals surface area contributed by atoms with Gasteiger partial charge >= 0.3 is 0 Å². The van der Waals surface area contributed by atoms with Gasteiger partial charge in [0.05, 0.1) is 5.25 Å². The van der Waals surface area contributed by atoms with Crippen molar-refractivity contribution in [2.45, 2.75) is 30.4 Å². The zero-order valence-electron chi connectivity index (χ0n) is 10.00. The first-order valence-electron chi connectivity index (χ1n) is 5.53. The van der Waals surface area contributed by atoms with Crippen LogP contribution in [-0.4, -0.2) is 17.7 Å². The minimum atomic E-state index is -0.381. The molecular formula is C12H17FN2OS. The number of nitrogens with two attached hydrogens (primary N) is 1. The highest BCUT2D eigenvalue weighted by atomic mass is 32.2. The molecule has 94 valence electrons. The number of carbonyl (C=O) groups is 1. The summed E-state index contributed by atoms with van der Waals surface area (Å²) >= 11 is 1.30. The van der Waals surface area contributed by atoms with Crippen molar-refractivity contribution in [1.82, 2.24) is 5.32 Å². The minimum absolute atomic E-state index is 0.0420. The third-order valence-corrected chi connectivity index (χ3v) is 3.20. The number of rotatable bonds is 5. The summed E-state index contributed by atoms with van der Waals surface area (Å²) in [5.41, 5.74) is 5.91. The van der Waals surface area contributed by atoms with E-state index >= 15 is 0 Å². The average molecular weight is 256 g/mol. The fraction of sp³-hybridized carbons (Fsp3) is 0.417. The lowest BCUT2D eigenvalue weighted by Crippen LogP contribution is -2.31. The largest absolute Gasteiger partial charge is 0.399 e. The third kappa shape index (κ3) is 4.65. The van der Waals surface area contributed by atoms with Crippen molar-refractivity contribution in [3.8, 4) is 0 Å². The van der Waals surface area contributed by atoms with Gasteiger partial charge in [0.15, 0.2) is 0 Å². The van der Waals surface area contributed by atoms with Gasteiger partial charge in [0.2, 0.25) is 5.91 Å². The lowest BCUT2D eigenvalue weighted by Gasteiger charge is -2.11. The molecule has 0 bridgehead atoms. The molecule has 0 radical (unpaired) electrons. The summed E-state index contributed by atoms with van der Waals surface area (Å²) < 4.78 is 13.1. The Morgan fingerprint density at radius 1 is 1.53 bits per heavy atom. The molecule has 1 rings (SSSR count). The van der Waals surface area contributed by atoms with E-state index in [1.165, 1.54) is 23.9 Å². The van der Waals surface area contributed by atoms with Crippen molar-refractivity contribution in [1.29, 1.82) is 0 Å². The van der Waals surface area contributed by atoms with Gasteiger partial charge in [-0.1, -0.05) is 6.92 Å². The fourth-order valence-electron chi connectivity index (χ4n) is 1.30. The quantitative estimate of drug-likeness (QED) is 0.628. The maximum Gasteiger partial charge on any atom is 0.233 e. The van der Waals surface area contributed by atoms with Crippen molar-refractivity contribution >= 4 is 23.4 Å². The molecule has 0 aliphatic carbocycles. The van der Waals surface area contributed by atoms with Gasteiger partial charge in [0.25, 0.3) is 0 Å². The molecule has 3 nitrogen and oxygen atoms in total. The molecule has 0 spiro atoms. The van der Waals surface area contributed by atoms with E-state index in [0.29, 0.717) is 17.1 Å². The van der Waals surface area contributed by atoms with Crippen molar-refractivity contribution in [3.05, 3.63) is 24.0 Å². The van der Waals surface area contributed by atoms with Gasteiger partial charge < -0.3 is 11.1 Å². The number of carbonyl (C=O) groups excluding carboxylic acids is 1. The monoisotopic (exact) mass is 256 g/mol. The van der Waals surface area contributed by atoms with E-state index in [2.05, 4.69) is 5.32 Å². The van der Waals surface area contributed by atoms with Gasteiger partial charge in [-0.25, -0.2) is 4.39 Å². The summed E-state index contributed by atoms with van der Waals surface area (Å²) in [5, 5.41) is 2.54. The van der Waals surface area contributed by atoms with Crippen LogP contribution in [0.5, 0.6) is 0 Å². The van der Waals surface area contributed by atoms with Crippen LogP contribution in [0.3, 0.4) is 0 Å². The third-order valence-electron chi connectivity index (χ3n) is 2.12. The van der Waals surface area contributed by atoms with E-state index in [1.54, 1.807) is 13.0 Å². The summed E-state index contributed by atoms with van der Waals surface area (Å²) in [6, 6.07) is 4.30.